The molecule has 7 N–H and O–H groups in total. The number of hydrogen-bond acceptors (Lipinski definition) is 7. The van der Waals surface area contributed by atoms with Crippen LogP contribution < -0.4 is 16.4 Å². The van der Waals surface area contributed by atoms with E-state index in [4.69, 9.17) is 10.8 Å². The molecule has 1 aliphatic rings. The Kier molecular flexibility index (Phi) is 9.16. The maximum atomic E-state index is 12.8. The first-order valence-electron chi connectivity index (χ1n) is 10.4. The molecule has 3 unspecified atom stereocenters. The normalized spacial score (nSPS) is 17.1. The summed E-state index contributed by atoms with van der Waals surface area (Å²) >= 11 is 0. The number of nitrogens with two attached hydrogens (primary N) is 1. The van der Waals surface area contributed by atoms with Gasteiger partial charge in [-0.05, 0) is 37.0 Å². The summed E-state index contributed by atoms with van der Waals surface area (Å²) in [4.78, 5) is 60.8. The van der Waals surface area contributed by atoms with Crippen molar-refractivity contribution in [2.45, 2.75) is 50.2 Å². The maximum absolute atomic E-state index is 12.8. The van der Waals surface area contributed by atoms with E-state index in [-0.39, 0.29) is 31.6 Å². The average molecular weight is 464 g/mol. The van der Waals surface area contributed by atoms with Crippen LogP contribution in [0.3, 0.4) is 0 Å². The maximum Gasteiger partial charge on any atom is 0.326 e. The van der Waals surface area contributed by atoms with Gasteiger partial charge in [-0.1, -0.05) is 12.1 Å². The highest BCUT2D eigenvalue weighted by molar-refractivity contribution is 5.93. The summed E-state index contributed by atoms with van der Waals surface area (Å²) in [5, 5.41) is 32.3. The van der Waals surface area contributed by atoms with Crippen LogP contribution in [0.25, 0.3) is 0 Å². The third kappa shape index (κ3) is 7.75. The monoisotopic (exact) mass is 464 g/mol. The molecule has 0 saturated carbocycles. The number of phenolic OH excluding ortho intramolecular Hbond substituents is 1. The Morgan fingerprint density at radius 1 is 1.09 bits per heavy atom. The number of aliphatic carboxylic acids is 2. The number of nitrogens with one attached hydrogen (secondary N) is 2. The second-order valence-corrected chi connectivity index (χ2v) is 7.77. The molecule has 1 fully saturated rings. The van der Waals surface area contributed by atoms with Crippen molar-refractivity contribution in [2.75, 3.05) is 13.1 Å². The second kappa shape index (κ2) is 11.8. The van der Waals surface area contributed by atoms with Crippen LogP contribution in [-0.4, -0.2) is 81.1 Å². The molecular formula is C21H28N4O8. The fourth-order valence-corrected chi connectivity index (χ4v) is 3.48. The highest BCUT2D eigenvalue weighted by Gasteiger charge is 2.34. The standard InChI is InChI=1S/C21H28N4O8/c22-14(7-8-18(28)29)19(30)24-15(10-12-3-5-13(26)6-4-12)20(31)23-11-17(27)25-9-1-2-16(25)21(32)33/h3-6,14-16,26H,1-2,7-11,22H2,(H,23,31)(H,24,30)(H,28,29)(H,32,33). The number of carbonyl (C=O) groups is 5. The summed E-state index contributed by atoms with van der Waals surface area (Å²) in [5.74, 6) is -4.19. The van der Waals surface area contributed by atoms with Gasteiger partial charge in [-0.3, -0.25) is 19.2 Å². The zero-order valence-corrected chi connectivity index (χ0v) is 17.9. The number of phenols is 1. The van der Waals surface area contributed by atoms with Crippen molar-refractivity contribution in [3.63, 3.8) is 0 Å². The summed E-state index contributed by atoms with van der Waals surface area (Å²) in [5.41, 5.74) is 6.32. The molecule has 12 heteroatoms. The lowest BCUT2D eigenvalue weighted by Gasteiger charge is -2.23. The van der Waals surface area contributed by atoms with Crippen molar-refractivity contribution < 1.29 is 39.3 Å². The Bertz CT molecular complexity index is 889. The lowest BCUT2D eigenvalue weighted by Crippen LogP contribution is -2.54. The van der Waals surface area contributed by atoms with E-state index >= 15 is 0 Å². The van der Waals surface area contributed by atoms with Gasteiger partial charge >= 0.3 is 11.9 Å². The number of hydrogen-bond donors (Lipinski definition) is 6. The minimum absolute atomic E-state index is 0.0131. The number of benzene rings is 1. The van der Waals surface area contributed by atoms with Crippen molar-refractivity contribution in [3.05, 3.63) is 29.8 Å². The molecule has 1 aliphatic heterocycles. The highest BCUT2D eigenvalue weighted by Crippen LogP contribution is 2.17. The van der Waals surface area contributed by atoms with Gasteiger partial charge in [-0.15, -0.1) is 0 Å². The van der Waals surface area contributed by atoms with Gasteiger partial charge < -0.3 is 36.6 Å². The Labute approximate surface area is 189 Å². The topological polar surface area (TPSA) is 199 Å². The zero-order chi connectivity index (χ0) is 24.5. The summed E-state index contributed by atoms with van der Waals surface area (Å²) in [6.45, 7) is -0.173. The van der Waals surface area contributed by atoms with E-state index < -0.39 is 54.3 Å². The van der Waals surface area contributed by atoms with Crippen molar-refractivity contribution in [2.24, 2.45) is 5.73 Å². The van der Waals surface area contributed by atoms with E-state index in [9.17, 15) is 34.2 Å². The Balaban J connectivity index is 2.04. The molecule has 1 heterocycles. The van der Waals surface area contributed by atoms with Gasteiger partial charge in [0.15, 0.2) is 0 Å². The van der Waals surface area contributed by atoms with E-state index in [2.05, 4.69) is 10.6 Å². The number of carboxylic acids is 2. The predicted octanol–water partition coefficient (Wildman–Crippen LogP) is -1.20. The molecule has 1 saturated heterocycles. The van der Waals surface area contributed by atoms with E-state index in [1.54, 1.807) is 12.1 Å². The minimum atomic E-state index is -1.15. The molecule has 3 amide bonds. The molecule has 0 radical (unpaired) electrons. The fraction of sp³-hybridized carbons (Fsp3) is 0.476. The number of nitrogens with zero attached hydrogens (tertiary/aromatic N) is 1. The van der Waals surface area contributed by atoms with Gasteiger partial charge in [0.05, 0.1) is 12.6 Å². The van der Waals surface area contributed by atoms with Crippen molar-refractivity contribution >= 4 is 29.7 Å². The van der Waals surface area contributed by atoms with Crippen LogP contribution >= 0.6 is 0 Å². The SMILES string of the molecule is NC(CCC(=O)O)C(=O)NC(Cc1ccc(O)cc1)C(=O)NCC(=O)N1CCCC1C(=O)O. The Morgan fingerprint density at radius 2 is 1.76 bits per heavy atom. The molecule has 12 nitrogen and oxygen atoms in total. The van der Waals surface area contributed by atoms with Crippen molar-refractivity contribution in [3.8, 4) is 5.75 Å². The van der Waals surface area contributed by atoms with Crippen LogP contribution in [-0.2, 0) is 30.4 Å². The molecule has 0 spiro atoms. The summed E-state index contributed by atoms with van der Waals surface area (Å²) < 4.78 is 0. The molecule has 2 rings (SSSR count). The smallest absolute Gasteiger partial charge is 0.326 e. The Hall–Kier alpha value is -3.67. The van der Waals surface area contributed by atoms with E-state index in [0.29, 0.717) is 18.4 Å². The molecule has 0 aromatic heterocycles. The van der Waals surface area contributed by atoms with Gasteiger partial charge in [-0.2, -0.15) is 0 Å². The average Bonchev–Trinajstić information content (AvgIpc) is 3.27. The van der Waals surface area contributed by atoms with E-state index in [1.165, 1.54) is 17.0 Å². The van der Waals surface area contributed by atoms with Gasteiger partial charge in [0, 0.05) is 19.4 Å². The summed E-state index contributed by atoms with van der Waals surface area (Å²) in [6, 6.07) is 2.70. The highest BCUT2D eigenvalue weighted by atomic mass is 16.4. The van der Waals surface area contributed by atoms with Crippen LogP contribution in [0, 0.1) is 0 Å². The third-order valence-corrected chi connectivity index (χ3v) is 5.29. The third-order valence-electron chi connectivity index (χ3n) is 5.29. The number of amides is 3. The molecular weight excluding hydrogens is 436 g/mol. The van der Waals surface area contributed by atoms with Crippen LogP contribution in [0.4, 0.5) is 0 Å². The van der Waals surface area contributed by atoms with Crippen LogP contribution in [0.1, 0.15) is 31.2 Å². The lowest BCUT2D eigenvalue weighted by molar-refractivity contribution is -0.148. The molecule has 1 aromatic carbocycles. The van der Waals surface area contributed by atoms with Crippen LogP contribution in [0.2, 0.25) is 0 Å². The van der Waals surface area contributed by atoms with Crippen molar-refractivity contribution in [1.82, 2.24) is 15.5 Å². The molecule has 33 heavy (non-hydrogen) atoms. The largest absolute Gasteiger partial charge is 0.508 e. The van der Waals surface area contributed by atoms with Gasteiger partial charge in [0.2, 0.25) is 17.7 Å². The molecule has 1 aromatic rings. The predicted molar refractivity (Wildman–Crippen MR) is 114 cm³/mol. The summed E-state index contributed by atoms with van der Waals surface area (Å²) in [7, 11) is 0. The van der Waals surface area contributed by atoms with E-state index in [0.717, 1.165) is 0 Å². The van der Waals surface area contributed by atoms with Crippen molar-refractivity contribution in [1.29, 1.82) is 0 Å². The molecule has 0 bridgehead atoms. The van der Waals surface area contributed by atoms with E-state index in [1.807, 2.05) is 0 Å². The minimum Gasteiger partial charge on any atom is -0.508 e. The zero-order valence-electron chi connectivity index (χ0n) is 17.9. The van der Waals surface area contributed by atoms with Gasteiger partial charge in [0.1, 0.15) is 17.8 Å². The number of aromatic hydroxyl groups is 1. The lowest BCUT2D eigenvalue weighted by atomic mass is 10.0. The number of rotatable bonds is 11. The van der Waals surface area contributed by atoms with Crippen LogP contribution in [0.5, 0.6) is 5.75 Å². The van der Waals surface area contributed by atoms with Gasteiger partial charge in [0.25, 0.3) is 0 Å². The molecule has 180 valence electrons. The molecule has 0 aliphatic carbocycles. The number of carboxylic acid groups (broad SMARTS) is 2. The summed E-state index contributed by atoms with van der Waals surface area (Å²) in [6.07, 6.45) is 0.448. The second-order valence-electron chi connectivity index (χ2n) is 7.77. The first-order chi connectivity index (χ1) is 15.6. The Morgan fingerprint density at radius 3 is 2.36 bits per heavy atom. The first kappa shape index (κ1) is 25.6. The van der Waals surface area contributed by atoms with Crippen LogP contribution in [0.15, 0.2) is 24.3 Å². The number of likely N-dealkylation sites (tertiary alicyclic amines) is 1. The quantitative estimate of drug-likeness (QED) is 0.233. The first-order valence-corrected chi connectivity index (χ1v) is 10.4. The number of carbonyl (C=O) groups excluding carboxylic acids is 3. The van der Waals surface area contributed by atoms with Gasteiger partial charge in [-0.25, -0.2) is 4.79 Å². The molecule has 3 atom stereocenters. The fourth-order valence-electron chi connectivity index (χ4n) is 3.48.